The fourth-order valence-electron chi connectivity index (χ4n) is 8.53. The summed E-state index contributed by atoms with van der Waals surface area (Å²) in [4.78, 5) is 46.2. The lowest BCUT2D eigenvalue weighted by molar-refractivity contribution is -0.124. The Kier molecular flexibility index (Phi) is 17.7. The van der Waals surface area contributed by atoms with Gasteiger partial charge in [0.15, 0.2) is 29.7 Å². The van der Waals surface area contributed by atoms with Crippen molar-refractivity contribution in [3.63, 3.8) is 0 Å². The Balaban J connectivity index is 1.22. The Morgan fingerprint density at radius 3 is 2.07 bits per heavy atom. The van der Waals surface area contributed by atoms with Gasteiger partial charge in [-0.2, -0.15) is 0 Å². The lowest BCUT2D eigenvalue weighted by Gasteiger charge is -2.37. The fraction of sp³-hybridized carbons (Fsp3) is 0.385. The number of aromatic nitrogens is 2. The molecule has 4 heterocycles. The monoisotopic (exact) mass is 1020 g/mol. The van der Waals surface area contributed by atoms with Crippen LogP contribution >= 0.6 is 30.6 Å². The smallest absolute Gasteiger partial charge is 0.276 e. The SMILES string of the molecule is COCCOC1=C(OP(SCCSC(=O)c2ccccc2)N2CCCC2)[C@@H](COC(c2ccccc2)(c2ccc(OC)cc2)c2ccc(OC)cc2)O[C@H]1n1cnc2c1N(C)C(NC(=O)C(C)C)NC2=O. The predicted octanol–water partition coefficient (Wildman–Crippen LogP) is 8.56. The molecule has 3 aliphatic heterocycles. The van der Waals surface area contributed by atoms with Crippen molar-refractivity contribution in [2.45, 2.75) is 50.9 Å². The first-order valence-electron chi connectivity index (χ1n) is 23.5. The summed E-state index contributed by atoms with van der Waals surface area (Å²) in [5.74, 6) is 2.72. The van der Waals surface area contributed by atoms with E-state index >= 15 is 0 Å². The average molecular weight is 1030 g/mol. The van der Waals surface area contributed by atoms with Gasteiger partial charge in [0.05, 0.1) is 33.8 Å². The second-order valence-corrected chi connectivity index (χ2v) is 21.8. The molecular weight excluding hydrogens is 964 g/mol. The molecule has 5 aromatic rings. The minimum Gasteiger partial charge on any atom is -0.497 e. The molecule has 19 heteroatoms. The fourth-order valence-corrected chi connectivity index (χ4v) is 13.6. The molecular formula is C52H61N6O10PS2. The van der Waals surface area contributed by atoms with Crippen LogP contribution in [-0.2, 0) is 33.9 Å². The number of rotatable bonds is 23. The highest BCUT2D eigenvalue weighted by molar-refractivity contribution is 8.53. The Hall–Kier alpha value is -5.59. The summed E-state index contributed by atoms with van der Waals surface area (Å²) in [7, 11) is 5.25. The van der Waals surface area contributed by atoms with Crippen molar-refractivity contribution in [1.82, 2.24) is 24.9 Å². The highest BCUT2D eigenvalue weighted by Crippen LogP contribution is 2.59. The molecule has 1 aromatic heterocycles. The zero-order valence-corrected chi connectivity index (χ0v) is 43.3. The van der Waals surface area contributed by atoms with Gasteiger partial charge in [0.2, 0.25) is 18.5 Å². The number of benzene rings is 4. The minimum absolute atomic E-state index is 0.0161. The van der Waals surface area contributed by atoms with Gasteiger partial charge >= 0.3 is 0 Å². The predicted molar refractivity (Wildman–Crippen MR) is 276 cm³/mol. The zero-order chi connectivity index (χ0) is 49.9. The van der Waals surface area contributed by atoms with Crippen LogP contribution in [0.5, 0.6) is 11.5 Å². The van der Waals surface area contributed by atoms with E-state index in [4.69, 9.17) is 32.9 Å². The average Bonchev–Trinajstić information content (AvgIpc) is 4.18. The van der Waals surface area contributed by atoms with Gasteiger partial charge in [-0.15, -0.1) is 0 Å². The van der Waals surface area contributed by atoms with Gasteiger partial charge in [0, 0.05) is 50.2 Å². The molecule has 71 heavy (non-hydrogen) atoms. The first kappa shape index (κ1) is 51.8. The number of methoxy groups -OCH3 is 3. The molecule has 16 nitrogen and oxygen atoms in total. The number of nitrogens with zero attached hydrogens (tertiary/aromatic N) is 4. The van der Waals surface area contributed by atoms with Crippen molar-refractivity contribution in [3.8, 4) is 11.5 Å². The molecule has 1 fully saturated rings. The lowest BCUT2D eigenvalue weighted by Crippen LogP contribution is -2.61. The van der Waals surface area contributed by atoms with Gasteiger partial charge in [0.25, 0.3) is 5.91 Å². The molecule has 2 N–H and O–H groups in total. The molecule has 0 bridgehead atoms. The highest BCUT2D eigenvalue weighted by Gasteiger charge is 2.47. The van der Waals surface area contributed by atoms with Gasteiger partial charge in [-0.1, -0.05) is 122 Å². The summed E-state index contributed by atoms with van der Waals surface area (Å²) >= 11 is 2.96. The van der Waals surface area contributed by atoms with Crippen LogP contribution in [0.4, 0.5) is 5.82 Å². The van der Waals surface area contributed by atoms with Crippen molar-refractivity contribution in [1.29, 1.82) is 0 Å². The van der Waals surface area contributed by atoms with E-state index in [0.717, 1.165) is 42.6 Å². The summed E-state index contributed by atoms with van der Waals surface area (Å²) < 4.78 is 49.6. The maximum Gasteiger partial charge on any atom is 0.276 e. The molecule has 0 radical (unpaired) electrons. The van der Waals surface area contributed by atoms with Crippen molar-refractivity contribution in [2.24, 2.45) is 5.92 Å². The first-order chi connectivity index (χ1) is 34.6. The van der Waals surface area contributed by atoms with Crippen LogP contribution in [-0.4, -0.2) is 116 Å². The van der Waals surface area contributed by atoms with Gasteiger partial charge < -0.3 is 48.5 Å². The standard InChI is InChI=1S/C52H61N6O10PS2/c1-35(2)46(59)54-51-55-47(60)43-48(56(51)3)58(34-53-43)49-45(65-30-29-62-4)44(68-69(57-27-13-14-28-57)71-32-31-70-50(61)36-15-9-7-10-16-36)42(67-49)33-66-52(37-17-11-8-12-18-37,38-19-23-40(63-5)24-20-38)39-21-25-41(64-6)26-22-39/h7-12,15-26,34-35,42,49,51H,13-14,27-33H2,1-6H3,(H,54,59)(H,55,60)/t42-,49-,51?,69?/m1/s1. The molecule has 4 atom stereocenters. The van der Waals surface area contributed by atoms with Crippen LogP contribution in [0.15, 0.2) is 127 Å². The van der Waals surface area contributed by atoms with Gasteiger partial charge in [-0.05, 0) is 53.8 Å². The highest BCUT2D eigenvalue weighted by atomic mass is 32.7. The first-order valence-corrected chi connectivity index (χ1v) is 27.3. The van der Waals surface area contributed by atoms with E-state index in [2.05, 4.69) is 20.3 Å². The Morgan fingerprint density at radius 1 is 0.845 bits per heavy atom. The molecule has 3 aliphatic rings. The minimum atomic E-state index is -1.39. The van der Waals surface area contributed by atoms with E-state index in [1.165, 1.54) is 11.8 Å². The molecule has 4 aromatic carbocycles. The van der Waals surface area contributed by atoms with Crippen LogP contribution in [0.2, 0.25) is 0 Å². The number of hydrogen-bond donors (Lipinski definition) is 2. The summed E-state index contributed by atoms with van der Waals surface area (Å²) in [6, 6.07) is 35.0. The number of fused-ring (bicyclic) bond motifs is 1. The van der Waals surface area contributed by atoms with Crippen LogP contribution < -0.4 is 25.0 Å². The van der Waals surface area contributed by atoms with E-state index in [1.807, 2.05) is 109 Å². The van der Waals surface area contributed by atoms with Gasteiger partial charge in [-0.3, -0.25) is 19.0 Å². The Bertz CT molecular complexity index is 2550. The van der Waals surface area contributed by atoms with E-state index < -0.39 is 37.6 Å². The quantitative estimate of drug-likeness (QED) is 0.0363. The number of carbonyl (C=O) groups is 3. The number of hydrogen-bond acceptors (Lipinski definition) is 15. The van der Waals surface area contributed by atoms with Crippen molar-refractivity contribution < 1.29 is 47.3 Å². The van der Waals surface area contributed by atoms with E-state index in [9.17, 15) is 14.4 Å². The van der Waals surface area contributed by atoms with Gasteiger partial charge in [-0.25, -0.2) is 9.65 Å². The third-order valence-electron chi connectivity index (χ3n) is 12.3. The largest absolute Gasteiger partial charge is 0.497 e. The summed E-state index contributed by atoms with van der Waals surface area (Å²) in [5.41, 5.74) is 2.11. The normalized spacial score (nSPS) is 18.5. The molecule has 0 saturated carbocycles. The number of anilines is 1. The van der Waals surface area contributed by atoms with Crippen LogP contribution in [0.25, 0.3) is 0 Å². The van der Waals surface area contributed by atoms with E-state index in [0.29, 0.717) is 45.9 Å². The van der Waals surface area contributed by atoms with Crippen LogP contribution in [0.1, 0.15) is 70.5 Å². The summed E-state index contributed by atoms with van der Waals surface area (Å²) in [6.07, 6.45) is 0.773. The topological polar surface area (TPSA) is 164 Å². The van der Waals surface area contributed by atoms with Crippen molar-refractivity contribution >= 4 is 53.4 Å². The second-order valence-electron chi connectivity index (χ2n) is 17.2. The maximum atomic E-state index is 13.7. The number of nitrogens with one attached hydrogen (secondary N) is 2. The molecule has 8 rings (SSSR count). The maximum absolute atomic E-state index is 13.7. The molecule has 376 valence electrons. The number of thioether (sulfide) groups is 1. The number of amides is 2. The number of imidazole rings is 1. The Labute approximate surface area is 424 Å². The second kappa shape index (κ2) is 24.2. The zero-order valence-electron chi connectivity index (χ0n) is 40.8. The van der Waals surface area contributed by atoms with Crippen LogP contribution in [0, 0.1) is 5.92 Å². The number of ether oxygens (including phenoxy) is 6. The molecule has 2 amide bonds. The number of carbonyl (C=O) groups excluding carboxylic acids is 3. The summed E-state index contributed by atoms with van der Waals surface area (Å²) in [5, 5.41) is 5.82. The third-order valence-corrected chi connectivity index (χ3v) is 17.4. The van der Waals surface area contributed by atoms with Crippen LogP contribution in [0.3, 0.4) is 0 Å². The molecule has 1 saturated heterocycles. The van der Waals surface area contributed by atoms with Crippen molar-refractivity contribution in [2.75, 3.05) is 77.7 Å². The van der Waals surface area contributed by atoms with E-state index in [1.54, 1.807) is 69.4 Å². The lowest BCUT2D eigenvalue weighted by atomic mass is 9.80. The van der Waals surface area contributed by atoms with Gasteiger partial charge in [0.1, 0.15) is 35.6 Å². The third kappa shape index (κ3) is 11.7. The molecule has 0 spiro atoms. The van der Waals surface area contributed by atoms with Crippen molar-refractivity contribution in [3.05, 3.63) is 155 Å². The van der Waals surface area contributed by atoms with E-state index in [-0.39, 0.29) is 42.5 Å². The Morgan fingerprint density at radius 2 is 1.46 bits per heavy atom. The molecule has 2 unspecified atom stereocenters. The summed E-state index contributed by atoms with van der Waals surface area (Å²) in [6.45, 7) is 5.58. The molecule has 0 aliphatic carbocycles.